The summed E-state index contributed by atoms with van der Waals surface area (Å²) in [5, 5.41) is 9.53. The number of hydrogen-bond acceptors (Lipinski definition) is 4. The third kappa shape index (κ3) is 2.77. The van der Waals surface area contributed by atoms with Gasteiger partial charge in [0.1, 0.15) is 5.82 Å². The Balaban J connectivity index is 2.97. The SMILES string of the molecule is COCc1cc(C(O)C(=O)OC)ccc1F. The fourth-order valence-electron chi connectivity index (χ4n) is 1.28. The third-order valence-corrected chi connectivity index (χ3v) is 2.11. The molecule has 0 saturated carbocycles. The number of halogens is 1. The summed E-state index contributed by atoms with van der Waals surface area (Å²) in [4.78, 5) is 11.1. The Morgan fingerprint density at radius 2 is 2.19 bits per heavy atom. The van der Waals surface area contributed by atoms with E-state index in [1.54, 1.807) is 0 Å². The number of methoxy groups -OCH3 is 2. The minimum Gasteiger partial charge on any atom is -0.467 e. The van der Waals surface area contributed by atoms with E-state index >= 15 is 0 Å². The molecule has 0 aliphatic heterocycles. The van der Waals surface area contributed by atoms with Crippen LogP contribution < -0.4 is 0 Å². The Morgan fingerprint density at radius 1 is 1.50 bits per heavy atom. The van der Waals surface area contributed by atoms with E-state index in [1.165, 1.54) is 32.4 Å². The number of aliphatic hydroxyl groups excluding tert-OH is 1. The van der Waals surface area contributed by atoms with Crippen LogP contribution in [0.3, 0.4) is 0 Å². The molecule has 4 nitrogen and oxygen atoms in total. The predicted octanol–water partition coefficient (Wildman–Crippen LogP) is 1.18. The zero-order valence-electron chi connectivity index (χ0n) is 9.07. The lowest BCUT2D eigenvalue weighted by Gasteiger charge is -2.10. The highest BCUT2D eigenvalue weighted by atomic mass is 19.1. The van der Waals surface area contributed by atoms with Gasteiger partial charge in [-0.15, -0.1) is 0 Å². The molecule has 0 aromatic heterocycles. The van der Waals surface area contributed by atoms with Crippen LogP contribution in [0.4, 0.5) is 4.39 Å². The van der Waals surface area contributed by atoms with Crippen LogP contribution in [-0.2, 0) is 20.9 Å². The lowest BCUT2D eigenvalue weighted by molar-refractivity contribution is -0.150. The van der Waals surface area contributed by atoms with Crippen molar-refractivity contribution in [1.29, 1.82) is 0 Å². The number of carbonyl (C=O) groups excluding carboxylic acids is 1. The maximum absolute atomic E-state index is 13.2. The van der Waals surface area contributed by atoms with Crippen molar-refractivity contribution in [2.24, 2.45) is 0 Å². The molecule has 16 heavy (non-hydrogen) atoms. The van der Waals surface area contributed by atoms with Gasteiger partial charge in [0.05, 0.1) is 13.7 Å². The van der Waals surface area contributed by atoms with Crippen LogP contribution in [0.15, 0.2) is 18.2 Å². The molecule has 0 amide bonds. The number of esters is 1. The second-order valence-corrected chi connectivity index (χ2v) is 3.21. The molecule has 0 radical (unpaired) electrons. The molecule has 0 fully saturated rings. The van der Waals surface area contributed by atoms with E-state index in [4.69, 9.17) is 4.74 Å². The highest BCUT2D eigenvalue weighted by Crippen LogP contribution is 2.18. The first kappa shape index (κ1) is 12.6. The number of benzene rings is 1. The standard InChI is InChI=1S/C11H13FO4/c1-15-6-8-5-7(3-4-9(8)12)10(13)11(14)16-2/h3-5,10,13H,6H2,1-2H3. The monoisotopic (exact) mass is 228 g/mol. The summed E-state index contributed by atoms with van der Waals surface area (Å²) >= 11 is 0. The van der Waals surface area contributed by atoms with Crippen LogP contribution in [0.25, 0.3) is 0 Å². The van der Waals surface area contributed by atoms with Crippen LogP contribution in [0, 0.1) is 5.82 Å². The summed E-state index contributed by atoms with van der Waals surface area (Å²) in [6.07, 6.45) is -1.40. The van der Waals surface area contributed by atoms with Gasteiger partial charge in [0.25, 0.3) is 0 Å². The third-order valence-electron chi connectivity index (χ3n) is 2.11. The van der Waals surface area contributed by atoms with Crippen LogP contribution in [0.2, 0.25) is 0 Å². The Morgan fingerprint density at radius 3 is 2.75 bits per heavy atom. The van der Waals surface area contributed by atoms with Gasteiger partial charge in [-0.1, -0.05) is 6.07 Å². The van der Waals surface area contributed by atoms with Gasteiger partial charge in [-0.25, -0.2) is 9.18 Å². The maximum atomic E-state index is 13.2. The van der Waals surface area contributed by atoms with E-state index in [1.807, 2.05) is 0 Å². The van der Waals surface area contributed by atoms with Gasteiger partial charge in [-0.05, 0) is 17.7 Å². The minimum absolute atomic E-state index is 0.0770. The minimum atomic E-state index is -1.40. The first-order chi connectivity index (χ1) is 7.60. The Kier molecular flexibility index (Phi) is 4.39. The normalized spacial score (nSPS) is 12.2. The van der Waals surface area contributed by atoms with Gasteiger partial charge in [0.2, 0.25) is 0 Å². The van der Waals surface area contributed by atoms with Crippen molar-refractivity contribution in [1.82, 2.24) is 0 Å². The van der Waals surface area contributed by atoms with E-state index in [0.717, 1.165) is 0 Å². The number of hydrogen-bond donors (Lipinski definition) is 1. The van der Waals surface area contributed by atoms with E-state index in [9.17, 15) is 14.3 Å². The topological polar surface area (TPSA) is 55.8 Å². The zero-order valence-corrected chi connectivity index (χ0v) is 9.07. The molecule has 0 spiro atoms. The van der Waals surface area contributed by atoms with Crippen LogP contribution in [0.1, 0.15) is 17.2 Å². The summed E-state index contributed by atoms with van der Waals surface area (Å²) in [6.45, 7) is 0.0770. The van der Waals surface area contributed by atoms with Crippen LogP contribution in [-0.4, -0.2) is 25.3 Å². The molecule has 88 valence electrons. The molecule has 1 unspecified atom stereocenters. The van der Waals surface area contributed by atoms with Crippen molar-refractivity contribution in [3.8, 4) is 0 Å². The lowest BCUT2D eigenvalue weighted by Crippen LogP contribution is -2.14. The second kappa shape index (κ2) is 5.58. The fraction of sp³-hybridized carbons (Fsp3) is 0.364. The molecule has 1 aromatic rings. The number of ether oxygens (including phenoxy) is 2. The average Bonchev–Trinajstić information content (AvgIpc) is 2.30. The molecule has 1 rings (SSSR count). The maximum Gasteiger partial charge on any atom is 0.339 e. The molecule has 1 atom stereocenters. The molecule has 0 aliphatic rings. The molecule has 0 aliphatic carbocycles. The molecule has 1 N–H and O–H groups in total. The zero-order chi connectivity index (χ0) is 12.1. The van der Waals surface area contributed by atoms with E-state index in [2.05, 4.69) is 4.74 Å². The summed E-state index contributed by atoms with van der Waals surface area (Å²) < 4.78 is 22.4. The number of aliphatic hydroxyl groups is 1. The Labute approximate surface area is 92.6 Å². The number of rotatable bonds is 4. The van der Waals surface area contributed by atoms with E-state index in [-0.39, 0.29) is 17.7 Å². The molecular weight excluding hydrogens is 215 g/mol. The van der Waals surface area contributed by atoms with Gasteiger partial charge >= 0.3 is 5.97 Å². The van der Waals surface area contributed by atoms with Gasteiger partial charge in [0.15, 0.2) is 6.10 Å². The summed E-state index contributed by atoms with van der Waals surface area (Å²) in [7, 11) is 2.61. The predicted molar refractivity (Wildman–Crippen MR) is 54.1 cm³/mol. The Hall–Kier alpha value is -1.46. The van der Waals surface area contributed by atoms with Crippen molar-refractivity contribution in [2.75, 3.05) is 14.2 Å². The van der Waals surface area contributed by atoms with E-state index < -0.39 is 17.9 Å². The van der Waals surface area contributed by atoms with Crippen LogP contribution >= 0.6 is 0 Å². The smallest absolute Gasteiger partial charge is 0.339 e. The average molecular weight is 228 g/mol. The Bertz CT molecular complexity index is 378. The van der Waals surface area contributed by atoms with Gasteiger partial charge in [-0.2, -0.15) is 0 Å². The number of carbonyl (C=O) groups is 1. The van der Waals surface area contributed by atoms with Gasteiger partial charge < -0.3 is 14.6 Å². The first-order valence-electron chi connectivity index (χ1n) is 4.63. The van der Waals surface area contributed by atoms with Crippen molar-refractivity contribution in [3.63, 3.8) is 0 Å². The molecule has 0 bridgehead atoms. The quantitative estimate of drug-likeness (QED) is 0.786. The lowest BCUT2D eigenvalue weighted by atomic mass is 10.1. The molecule has 1 aromatic carbocycles. The first-order valence-corrected chi connectivity index (χ1v) is 4.63. The van der Waals surface area contributed by atoms with Crippen LogP contribution in [0.5, 0.6) is 0 Å². The second-order valence-electron chi connectivity index (χ2n) is 3.21. The largest absolute Gasteiger partial charge is 0.467 e. The summed E-state index contributed by atoms with van der Waals surface area (Å²) in [6, 6.07) is 3.88. The highest BCUT2D eigenvalue weighted by Gasteiger charge is 2.18. The summed E-state index contributed by atoms with van der Waals surface area (Å²) in [5.74, 6) is -1.22. The van der Waals surface area contributed by atoms with Crippen molar-refractivity contribution < 1.29 is 23.8 Å². The molecular formula is C11H13FO4. The van der Waals surface area contributed by atoms with Crippen molar-refractivity contribution >= 4 is 5.97 Å². The summed E-state index contributed by atoms with van der Waals surface area (Å²) in [5.41, 5.74) is 0.559. The van der Waals surface area contributed by atoms with Gasteiger partial charge in [0, 0.05) is 12.7 Å². The molecule has 0 heterocycles. The van der Waals surface area contributed by atoms with Crippen molar-refractivity contribution in [2.45, 2.75) is 12.7 Å². The van der Waals surface area contributed by atoms with Gasteiger partial charge in [-0.3, -0.25) is 0 Å². The fourth-order valence-corrected chi connectivity index (χ4v) is 1.28. The van der Waals surface area contributed by atoms with Crippen molar-refractivity contribution in [3.05, 3.63) is 35.1 Å². The highest BCUT2D eigenvalue weighted by molar-refractivity contribution is 5.76. The van der Waals surface area contributed by atoms with E-state index in [0.29, 0.717) is 0 Å². The molecule has 0 saturated heterocycles. The molecule has 5 heteroatoms.